The first-order chi connectivity index (χ1) is 18.1. The van der Waals surface area contributed by atoms with E-state index in [9.17, 15) is 0 Å². The largest absolute Gasteiger partial charge is 0.314 e. The highest BCUT2D eigenvalue weighted by molar-refractivity contribution is 4.93. The third-order valence-electron chi connectivity index (χ3n) is 10.0. The van der Waals surface area contributed by atoms with Gasteiger partial charge in [-0.15, -0.1) is 0 Å². The van der Waals surface area contributed by atoms with Gasteiger partial charge in [0.1, 0.15) is 0 Å². The van der Waals surface area contributed by atoms with Gasteiger partial charge in [-0.1, -0.05) is 135 Å². The Hall–Kier alpha value is -0.0400. The summed E-state index contributed by atoms with van der Waals surface area (Å²) in [7, 11) is 0. The Balaban J connectivity index is 0. The van der Waals surface area contributed by atoms with Crippen LogP contribution in [0.1, 0.15) is 173 Å². The highest BCUT2D eigenvalue weighted by Crippen LogP contribution is 2.51. The number of piperidine rings is 1. The molecule has 0 bridgehead atoms. The summed E-state index contributed by atoms with van der Waals surface area (Å²) in [6.07, 6.45) is 19.6. The van der Waals surface area contributed by atoms with Crippen LogP contribution in [0.15, 0.2) is 0 Å². The van der Waals surface area contributed by atoms with Crippen molar-refractivity contribution in [2.24, 2.45) is 47.3 Å². The second kappa shape index (κ2) is 25.0. The van der Waals surface area contributed by atoms with Gasteiger partial charge in [-0.2, -0.15) is 0 Å². The topological polar surface area (TPSA) is 12.0 Å². The van der Waals surface area contributed by atoms with Crippen molar-refractivity contribution < 1.29 is 0 Å². The van der Waals surface area contributed by atoms with Crippen molar-refractivity contribution in [2.45, 2.75) is 180 Å². The van der Waals surface area contributed by atoms with Crippen LogP contribution in [0.2, 0.25) is 0 Å². The molecule has 37 heavy (non-hydrogen) atoms. The van der Waals surface area contributed by atoms with Crippen molar-refractivity contribution in [3.8, 4) is 0 Å². The molecule has 0 aromatic rings. The van der Waals surface area contributed by atoms with Crippen LogP contribution in [-0.4, -0.2) is 12.6 Å². The van der Waals surface area contributed by atoms with Crippen molar-refractivity contribution in [1.82, 2.24) is 5.32 Å². The van der Waals surface area contributed by atoms with Crippen molar-refractivity contribution in [3.63, 3.8) is 0 Å². The second-order valence-electron chi connectivity index (χ2n) is 11.3. The van der Waals surface area contributed by atoms with Crippen molar-refractivity contribution in [3.05, 3.63) is 0 Å². The fourth-order valence-corrected chi connectivity index (χ4v) is 8.22. The first-order valence-corrected chi connectivity index (χ1v) is 17.9. The summed E-state index contributed by atoms with van der Waals surface area (Å²) in [6, 6.07) is 0.807. The van der Waals surface area contributed by atoms with Crippen LogP contribution in [0.4, 0.5) is 0 Å². The molecule has 4 rings (SSSR count). The Bertz CT molecular complexity index is 454. The number of hydrogen-bond acceptors (Lipinski definition) is 1. The normalized spacial score (nSPS) is 35.3. The van der Waals surface area contributed by atoms with Crippen LogP contribution in [-0.2, 0) is 0 Å². The molecule has 1 nitrogen and oxygen atoms in total. The third-order valence-corrected chi connectivity index (χ3v) is 10.0. The van der Waals surface area contributed by atoms with E-state index in [1.54, 1.807) is 25.7 Å². The highest BCUT2D eigenvalue weighted by atomic mass is 14.9. The van der Waals surface area contributed by atoms with Crippen LogP contribution >= 0.6 is 0 Å². The smallest absolute Gasteiger partial charge is 0.00954 e. The predicted octanol–water partition coefficient (Wildman–Crippen LogP) is 12.2. The maximum absolute atomic E-state index is 3.88. The molecule has 9 atom stereocenters. The first kappa shape index (κ1) is 39.1. The maximum atomic E-state index is 3.88. The molecule has 0 radical (unpaired) electrons. The Morgan fingerprint density at radius 3 is 1.81 bits per heavy atom. The Labute approximate surface area is 238 Å². The van der Waals surface area contributed by atoms with Crippen molar-refractivity contribution in [1.29, 1.82) is 0 Å². The van der Waals surface area contributed by atoms with E-state index in [-0.39, 0.29) is 0 Å². The van der Waals surface area contributed by atoms with E-state index < -0.39 is 0 Å². The number of hydrogen-bond donors (Lipinski definition) is 1. The van der Waals surface area contributed by atoms with Gasteiger partial charge in [0.15, 0.2) is 0 Å². The molecule has 1 heteroatoms. The van der Waals surface area contributed by atoms with Crippen molar-refractivity contribution in [2.75, 3.05) is 6.54 Å². The molecule has 1 saturated heterocycles. The average molecular weight is 524 g/mol. The zero-order valence-electron chi connectivity index (χ0n) is 28.6. The van der Waals surface area contributed by atoms with E-state index in [0.29, 0.717) is 0 Å². The standard InChI is InChI=1S/C26H47N.5C2H6/c1-18-14-15-21-9-4-5-11-24(21)25(18)17-22-10-8-12-23(19(22)2)20(3)26-13-6-7-16-27-26;5*1-2/h18-27H,4-17H2,1-3H3;5*1-2H3. The molecule has 0 spiro atoms. The van der Waals surface area contributed by atoms with Crippen molar-refractivity contribution >= 4 is 0 Å². The van der Waals surface area contributed by atoms with E-state index in [1.807, 2.05) is 69.2 Å². The van der Waals surface area contributed by atoms with Gasteiger partial charge in [0.2, 0.25) is 0 Å². The second-order valence-corrected chi connectivity index (χ2v) is 11.3. The van der Waals surface area contributed by atoms with Gasteiger partial charge in [0.25, 0.3) is 0 Å². The van der Waals surface area contributed by atoms with Crippen LogP contribution in [0.5, 0.6) is 0 Å². The molecule has 0 aromatic heterocycles. The molecule has 0 aromatic carbocycles. The van der Waals surface area contributed by atoms with Crippen LogP contribution in [0.3, 0.4) is 0 Å². The van der Waals surface area contributed by atoms with E-state index in [4.69, 9.17) is 0 Å². The summed E-state index contributed by atoms with van der Waals surface area (Å²) >= 11 is 0. The predicted molar refractivity (Wildman–Crippen MR) is 173 cm³/mol. The Morgan fingerprint density at radius 2 is 1.22 bits per heavy atom. The lowest BCUT2D eigenvalue weighted by Gasteiger charge is -2.49. The van der Waals surface area contributed by atoms with Crippen LogP contribution < -0.4 is 5.32 Å². The summed E-state index contributed by atoms with van der Waals surface area (Å²) in [5.41, 5.74) is 0. The average Bonchev–Trinajstić information content (AvgIpc) is 3.00. The minimum Gasteiger partial charge on any atom is -0.314 e. The molecule has 3 saturated carbocycles. The van der Waals surface area contributed by atoms with Gasteiger partial charge >= 0.3 is 0 Å². The first-order valence-electron chi connectivity index (χ1n) is 17.9. The van der Waals surface area contributed by atoms with Gasteiger partial charge < -0.3 is 5.32 Å². The third kappa shape index (κ3) is 12.3. The fraction of sp³-hybridized carbons (Fsp3) is 1.00. The summed E-state index contributed by atoms with van der Waals surface area (Å²) in [6.45, 7) is 29.1. The van der Waals surface area contributed by atoms with E-state index in [1.165, 1.54) is 64.3 Å². The minimum absolute atomic E-state index is 0.807. The summed E-state index contributed by atoms with van der Waals surface area (Å²) < 4.78 is 0. The van der Waals surface area contributed by atoms with E-state index in [0.717, 1.165) is 53.4 Å². The zero-order chi connectivity index (χ0) is 28.8. The summed E-state index contributed by atoms with van der Waals surface area (Å²) in [5, 5.41) is 3.88. The highest BCUT2D eigenvalue weighted by Gasteiger charge is 2.42. The van der Waals surface area contributed by atoms with Gasteiger partial charge in [0.05, 0.1) is 0 Å². The molecule has 1 heterocycles. The molecule has 4 fully saturated rings. The molecule has 1 N–H and O–H groups in total. The Kier molecular flexibility index (Phi) is 26.4. The number of nitrogens with one attached hydrogen (secondary N) is 1. The lowest BCUT2D eigenvalue weighted by molar-refractivity contribution is 0.0157. The monoisotopic (exact) mass is 524 g/mol. The van der Waals surface area contributed by atoms with Gasteiger partial charge in [-0.3, -0.25) is 0 Å². The molecule has 4 aliphatic rings. The van der Waals surface area contributed by atoms with Crippen LogP contribution in [0.25, 0.3) is 0 Å². The lowest BCUT2D eigenvalue weighted by atomic mass is 9.57. The SMILES string of the molecule is CC.CC.CC.CC.CC.CC1CCC2CCCCC2C1CC1CCCC(C(C)C2CCCCN2)C1C. The summed E-state index contributed by atoms with van der Waals surface area (Å²) in [5.74, 6) is 8.06. The van der Waals surface area contributed by atoms with Gasteiger partial charge in [-0.05, 0) is 92.4 Å². The molecular formula is C36H77N. The summed E-state index contributed by atoms with van der Waals surface area (Å²) in [4.78, 5) is 0. The molecule has 9 unspecified atom stereocenters. The molecule has 1 aliphatic heterocycles. The molecular weight excluding hydrogens is 446 g/mol. The quantitative estimate of drug-likeness (QED) is 0.386. The minimum atomic E-state index is 0.807. The van der Waals surface area contributed by atoms with E-state index in [2.05, 4.69) is 26.1 Å². The molecule has 0 amide bonds. The number of rotatable bonds is 4. The fourth-order valence-electron chi connectivity index (χ4n) is 8.22. The maximum Gasteiger partial charge on any atom is 0.00954 e. The van der Waals surface area contributed by atoms with E-state index >= 15 is 0 Å². The lowest BCUT2D eigenvalue weighted by Crippen LogP contribution is -2.45. The molecule has 226 valence electrons. The van der Waals surface area contributed by atoms with Crippen LogP contribution in [0, 0.1) is 47.3 Å². The number of fused-ring (bicyclic) bond motifs is 1. The molecule has 3 aliphatic carbocycles. The van der Waals surface area contributed by atoms with Gasteiger partial charge in [0, 0.05) is 6.04 Å². The van der Waals surface area contributed by atoms with Gasteiger partial charge in [-0.25, -0.2) is 0 Å². The Morgan fingerprint density at radius 1 is 0.622 bits per heavy atom. The zero-order valence-corrected chi connectivity index (χ0v) is 28.6.